The van der Waals surface area contributed by atoms with Crippen molar-refractivity contribution in [2.45, 2.75) is 37.6 Å². The minimum atomic E-state index is -3.78. The molecule has 0 unspecified atom stereocenters. The summed E-state index contributed by atoms with van der Waals surface area (Å²) < 4.78 is 26.8. The van der Waals surface area contributed by atoms with E-state index in [2.05, 4.69) is 10.0 Å². The first kappa shape index (κ1) is 19.9. The summed E-state index contributed by atoms with van der Waals surface area (Å²) in [5, 5.41) is 14.4. The number of anilines is 1. The van der Waals surface area contributed by atoms with E-state index in [4.69, 9.17) is 0 Å². The number of benzene rings is 2. The summed E-state index contributed by atoms with van der Waals surface area (Å²) in [6, 6.07) is 13.6. The molecule has 0 saturated carbocycles. The fourth-order valence-electron chi connectivity index (χ4n) is 2.52. The van der Waals surface area contributed by atoms with Crippen LogP contribution in [-0.2, 0) is 16.4 Å². The van der Waals surface area contributed by atoms with Crippen LogP contribution in [0.3, 0.4) is 0 Å². The standard InChI is InChI=1S/C18H23N3O4S/c1-14(2)20-26(24,25)16-10-11-17(18(13-16)21(22)23)19-12-6-9-15-7-4-3-5-8-15/h3-5,7-8,10-11,13-14,19-20H,6,9,12H2,1-2H3. The average Bonchev–Trinajstić information content (AvgIpc) is 2.58. The Hall–Kier alpha value is -2.45. The molecule has 0 spiro atoms. The van der Waals surface area contributed by atoms with Crippen LogP contribution in [0.1, 0.15) is 25.8 Å². The molecule has 0 bridgehead atoms. The third-order valence-electron chi connectivity index (χ3n) is 3.67. The maximum absolute atomic E-state index is 12.2. The minimum Gasteiger partial charge on any atom is -0.379 e. The van der Waals surface area contributed by atoms with Gasteiger partial charge in [0.15, 0.2) is 0 Å². The molecule has 2 aromatic rings. The number of nitro groups is 1. The van der Waals surface area contributed by atoms with Crippen LogP contribution in [0, 0.1) is 10.1 Å². The molecular formula is C18H23N3O4S. The van der Waals surface area contributed by atoms with Gasteiger partial charge in [0.05, 0.1) is 9.82 Å². The second kappa shape index (κ2) is 8.77. The summed E-state index contributed by atoms with van der Waals surface area (Å²) in [6.45, 7) is 3.93. The Kier molecular flexibility index (Phi) is 6.70. The normalized spacial score (nSPS) is 11.5. The SMILES string of the molecule is CC(C)NS(=O)(=O)c1ccc(NCCCc2ccccc2)c([N+](=O)[O-])c1. The Balaban J connectivity index is 2.07. The quantitative estimate of drug-likeness (QED) is 0.396. The molecule has 0 aromatic heterocycles. The monoisotopic (exact) mass is 377 g/mol. The van der Waals surface area contributed by atoms with E-state index in [9.17, 15) is 18.5 Å². The zero-order valence-corrected chi connectivity index (χ0v) is 15.6. The maximum atomic E-state index is 12.2. The van der Waals surface area contributed by atoms with Gasteiger partial charge in [-0.15, -0.1) is 0 Å². The first-order chi connectivity index (χ1) is 12.3. The molecule has 2 rings (SSSR count). The lowest BCUT2D eigenvalue weighted by Crippen LogP contribution is -2.30. The van der Waals surface area contributed by atoms with Crippen LogP contribution in [0.4, 0.5) is 11.4 Å². The highest BCUT2D eigenvalue weighted by molar-refractivity contribution is 7.89. The lowest BCUT2D eigenvalue weighted by atomic mass is 10.1. The van der Waals surface area contributed by atoms with Gasteiger partial charge in [0, 0.05) is 18.7 Å². The molecular weight excluding hydrogens is 354 g/mol. The second-order valence-corrected chi connectivity index (χ2v) is 7.94. The van der Waals surface area contributed by atoms with E-state index in [0.717, 1.165) is 18.9 Å². The summed E-state index contributed by atoms with van der Waals surface area (Å²) in [6.07, 6.45) is 1.66. The molecule has 0 atom stereocenters. The van der Waals surface area contributed by atoms with Gasteiger partial charge in [-0.25, -0.2) is 13.1 Å². The number of hydrogen-bond donors (Lipinski definition) is 2. The zero-order chi connectivity index (χ0) is 19.2. The highest BCUT2D eigenvalue weighted by Gasteiger charge is 2.21. The van der Waals surface area contributed by atoms with Crippen molar-refractivity contribution in [2.75, 3.05) is 11.9 Å². The van der Waals surface area contributed by atoms with Gasteiger partial charge in [-0.05, 0) is 44.4 Å². The van der Waals surface area contributed by atoms with Crippen molar-refractivity contribution < 1.29 is 13.3 Å². The number of nitro benzene ring substituents is 1. The summed E-state index contributed by atoms with van der Waals surface area (Å²) in [5.41, 5.74) is 1.26. The van der Waals surface area contributed by atoms with Gasteiger partial charge >= 0.3 is 0 Å². The van der Waals surface area contributed by atoms with E-state index in [0.29, 0.717) is 12.2 Å². The Bertz CT molecular complexity index is 852. The average molecular weight is 377 g/mol. The Morgan fingerprint density at radius 1 is 1.12 bits per heavy atom. The summed E-state index contributed by atoms with van der Waals surface area (Å²) >= 11 is 0. The Morgan fingerprint density at radius 2 is 1.81 bits per heavy atom. The van der Waals surface area contributed by atoms with Gasteiger partial charge in [0.2, 0.25) is 10.0 Å². The van der Waals surface area contributed by atoms with Gasteiger partial charge in [0.1, 0.15) is 5.69 Å². The van der Waals surface area contributed by atoms with Crippen molar-refractivity contribution >= 4 is 21.4 Å². The van der Waals surface area contributed by atoms with Crippen LogP contribution in [0.5, 0.6) is 0 Å². The highest BCUT2D eigenvalue weighted by Crippen LogP contribution is 2.27. The van der Waals surface area contributed by atoms with Crippen LogP contribution in [0.25, 0.3) is 0 Å². The Morgan fingerprint density at radius 3 is 2.42 bits per heavy atom. The molecule has 26 heavy (non-hydrogen) atoms. The van der Waals surface area contributed by atoms with E-state index < -0.39 is 14.9 Å². The molecule has 2 N–H and O–H groups in total. The molecule has 2 aromatic carbocycles. The third-order valence-corrected chi connectivity index (χ3v) is 5.32. The van der Waals surface area contributed by atoms with E-state index in [1.165, 1.54) is 17.7 Å². The lowest BCUT2D eigenvalue weighted by molar-refractivity contribution is -0.384. The number of hydrogen-bond acceptors (Lipinski definition) is 5. The molecule has 0 amide bonds. The number of nitrogens with zero attached hydrogens (tertiary/aromatic N) is 1. The molecule has 0 radical (unpaired) electrons. The van der Waals surface area contributed by atoms with Crippen molar-refractivity contribution in [3.05, 3.63) is 64.2 Å². The van der Waals surface area contributed by atoms with Gasteiger partial charge < -0.3 is 5.32 Å². The molecule has 0 aliphatic rings. The van der Waals surface area contributed by atoms with Crippen molar-refractivity contribution in [3.8, 4) is 0 Å². The smallest absolute Gasteiger partial charge is 0.293 e. The largest absolute Gasteiger partial charge is 0.379 e. The highest BCUT2D eigenvalue weighted by atomic mass is 32.2. The van der Waals surface area contributed by atoms with Crippen LogP contribution < -0.4 is 10.0 Å². The van der Waals surface area contributed by atoms with E-state index in [1.54, 1.807) is 13.8 Å². The fourth-order valence-corrected chi connectivity index (χ4v) is 3.79. The zero-order valence-electron chi connectivity index (χ0n) is 14.8. The first-order valence-electron chi connectivity index (χ1n) is 8.38. The number of nitrogens with one attached hydrogen (secondary N) is 2. The van der Waals surface area contributed by atoms with E-state index in [-0.39, 0.29) is 16.6 Å². The maximum Gasteiger partial charge on any atom is 0.293 e. The predicted octanol–water partition coefficient (Wildman–Crippen LogP) is 3.33. The molecule has 140 valence electrons. The van der Waals surface area contributed by atoms with E-state index in [1.807, 2.05) is 30.3 Å². The predicted molar refractivity (Wildman–Crippen MR) is 102 cm³/mol. The van der Waals surface area contributed by atoms with Gasteiger partial charge in [0.25, 0.3) is 5.69 Å². The van der Waals surface area contributed by atoms with Crippen LogP contribution in [0.2, 0.25) is 0 Å². The van der Waals surface area contributed by atoms with Crippen LogP contribution in [0.15, 0.2) is 53.4 Å². The summed E-state index contributed by atoms with van der Waals surface area (Å²) in [7, 11) is -3.78. The molecule has 0 heterocycles. The van der Waals surface area contributed by atoms with Gasteiger partial charge in [-0.3, -0.25) is 10.1 Å². The van der Waals surface area contributed by atoms with Crippen molar-refractivity contribution in [1.82, 2.24) is 4.72 Å². The minimum absolute atomic E-state index is 0.118. The molecule has 0 aliphatic carbocycles. The van der Waals surface area contributed by atoms with Crippen LogP contribution >= 0.6 is 0 Å². The summed E-state index contributed by atoms with van der Waals surface area (Å²) in [4.78, 5) is 10.6. The first-order valence-corrected chi connectivity index (χ1v) is 9.86. The second-order valence-electron chi connectivity index (χ2n) is 6.23. The van der Waals surface area contributed by atoms with Crippen molar-refractivity contribution in [3.63, 3.8) is 0 Å². The van der Waals surface area contributed by atoms with Gasteiger partial charge in [-0.1, -0.05) is 30.3 Å². The Labute approximate surface area is 153 Å². The number of sulfonamides is 1. The van der Waals surface area contributed by atoms with E-state index >= 15 is 0 Å². The molecule has 8 heteroatoms. The van der Waals surface area contributed by atoms with Crippen molar-refractivity contribution in [2.24, 2.45) is 0 Å². The number of aryl methyl sites for hydroxylation is 1. The van der Waals surface area contributed by atoms with Crippen molar-refractivity contribution in [1.29, 1.82) is 0 Å². The fraction of sp³-hybridized carbons (Fsp3) is 0.333. The summed E-state index contributed by atoms with van der Waals surface area (Å²) in [5.74, 6) is 0. The molecule has 7 nitrogen and oxygen atoms in total. The topological polar surface area (TPSA) is 101 Å². The van der Waals surface area contributed by atoms with Crippen LogP contribution in [-0.4, -0.2) is 25.9 Å². The molecule has 0 fully saturated rings. The third kappa shape index (κ3) is 5.53. The molecule has 0 saturated heterocycles. The lowest BCUT2D eigenvalue weighted by Gasteiger charge is -2.11. The number of rotatable bonds is 9. The molecule has 0 aliphatic heterocycles. The van der Waals surface area contributed by atoms with Gasteiger partial charge in [-0.2, -0.15) is 0 Å².